The van der Waals surface area contributed by atoms with Crippen LogP contribution in [-0.2, 0) is 25.6 Å². The zero-order chi connectivity index (χ0) is 15.9. The Morgan fingerprint density at radius 2 is 1.86 bits per heavy atom. The van der Waals surface area contributed by atoms with Gasteiger partial charge in [-0.3, -0.25) is 4.79 Å². The highest BCUT2D eigenvalue weighted by Gasteiger charge is 2.20. The number of hydrogen-bond acceptors (Lipinski definition) is 5. The van der Waals surface area contributed by atoms with Gasteiger partial charge >= 0.3 is 11.9 Å². The molecule has 0 saturated heterocycles. The molecule has 1 aliphatic rings. The zero-order valence-electron chi connectivity index (χ0n) is 12.7. The highest BCUT2D eigenvalue weighted by molar-refractivity contribution is 5.90. The van der Waals surface area contributed by atoms with E-state index in [2.05, 4.69) is 4.74 Å². The fourth-order valence-electron chi connectivity index (χ4n) is 2.32. The van der Waals surface area contributed by atoms with Crippen molar-refractivity contribution in [3.05, 3.63) is 59.3 Å². The van der Waals surface area contributed by atoms with Gasteiger partial charge in [0.1, 0.15) is 0 Å². The Hall–Kier alpha value is -2.56. The maximum absolute atomic E-state index is 11.8. The molecule has 1 aliphatic heterocycles. The van der Waals surface area contributed by atoms with Crippen LogP contribution < -0.4 is 0 Å². The van der Waals surface area contributed by atoms with E-state index in [1.54, 1.807) is 6.08 Å². The van der Waals surface area contributed by atoms with E-state index in [0.717, 1.165) is 11.1 Å². The average molecular weight is 301 g/mol. The van der Waals surface area contributed by atoms with Crippen molar-refractivity contribution in [2.75, 3.05) is 20.8 Å². The van der Waals surface area contributed by atoms with Crippen LogP contribution in [0.3, 0.4) is 0 Å². The van der Waals surface area contributed by atoms with Gasteiger partial charge in [0.15, 0.2) is 0 Å². The van der Waals surface area contributed by atoms with Crippen LogP contribution in [0, 0.1) is 0 Å². The van der Waals surface area contributed by atoms with Crippen LogP contribution in [0.1, 0.15) is 12.0 Å². The van der Waals surface area contributed by atoms with E-state index >= 15 is 0 Å². The van der Waals surface area contributed by atoms with Gasteiger partial charge in [-0.2, -0.15) is 0 Å². The summed E-state index contributed by atoms with van der Waals surface area (Å²) in [5.74, 6) is -0.721. The first-order valence-corrected chi connectivity index (χ1v) is 6.96. The monoisotopic (exact) mass is 301 g/mol. The van der Waals surface area contributed by atoms with Crippen LogP contribution in [0.25, 0.3) is 0 Å². The number of allylic oxidation sites excluding steroid dienone is 1. The standard InChI is InChI=1S/C17H19NO4/c1-21-16(19)9-14-8-15(17(20)22-2)12-18(11-14)10-13-6-4-3-5-7-13/h3-8,11H,9-10,12H2,1-2H3. The molecule has 22 heavy (non-hydrogen) atoms. The SMILES string of the molecule is COC(=O)CC1=CN(Cc2ccccc2)CC(C(=O)OC)=C1. The molecule has 2 rings (SSSR count). The van der Waals surface area contributed by atoms with Gasteiger partial charge < -0.3 is 14.4 Å². The van der Waals surface area contributed by atoms with Crippen LogP contribution in [0.5, 0.6) is 0 Å². The molecule has 1 heterocycles. The highest BCUT2D eigenvalue weighted by atomic mass is 16.5. The second-order valence-corrected chi connectivity index (χ2v) is 5.01. The van der Waals surface area contributed by atoms with Crippen molar-refractivity contribution in [2.24, 2.45) is 0 Å². The zero-order valence-corrected chi connectivity index (χ0v) is 12.7. The van der Waals surface area contributed by atoms with E-state index in [-0.39, 0.29) is 18.4 Å². The van der Waals surface area contributed by atoms with Gasteiger partial charge in [0, 0.05) is 19.3 Å². The lowest BCUT2D eigenvalue weighted by atomic mass is 10.0. The Bertz CT molecular complexity index is 604. The van der Waals surface area contributed by atoms with Crippen molar-refractivity contribution in [3.8, 4) is 0 Å². The molecule has 1 aromatic rings. The third-order valence-electron chi connectivity index (χ3n) is 3.33. The Labute approximate surface area is 129 Å². The average Bonchev–Trinajstić information content (AvgIpc) is 2.54. The number of esters is 2. The highest BCUT2D eigenvalue weighted by Crippen LogP contribution is 2.20. The van der Waals surface area contributed by atoms with Crippen molar-refractivity contribution in [3.63, 3.8) is 0 Å². The second kappa shape index (κ2) is 7.45. The van der Waals surface area contributed by atoms with Crippen LogP contribution >= 0.6 is 0 Å². The summed E-state index contributed by atoms with van der Waals surface area (Å²) >= 11 is 0. The lowest BCUT2D eigenvalue weighted by Gasteiger charge is -2.26. The third kappa shape index (κ3) is 4.22. The molecule has 0 N–H and O–H groups in total. The minimum Gasteiger partial charge on any atom is -0.469 e. The lowest BCUT2D eigenvalue weighted by Crippen LogP contribution is -2.27. The van der Waals surface area contributed by atoms with E-state index in [1.165, 1.54) is 14.2 Å². The molecule has 0 bridgehead atoms. The van der Waals surface area contributed by atoms with E-state index in [0.29, 0.717) is 18.7 Å². The van der Waals surface area contributed by atoms with Gasteiger partial charge in [-0.25, -0.2) is 4.79 Å². The molecule has 5 nitrogen and oxygen atoms in total. The summed E-state index contributed by atoms with van der Waals surface area (Å²) < 4.78 is 9.48. The fraction of sp³-hybridized carbons (Fsp3) is 0.294. The lowest BCUT2D eigenvalue weighted by molar-refractivity contribution is -0.140. The summed E-state index contributed by atoms with van der Waals surface area (Å²) in [7, 11) is 2.70. The summed E-state index contributed by atoms with van der Waals surface area (Å²) in [6.07, 6.45) is 3.71. The number of carbonyl (C=O) groups excluding carboxylic acids is 2. The maximum atomic E-state index is 11.8. The quantitative estimate of drug-likeness (QED) is 0.779. The number of nitrogens with zero attached hydrogens (tertiary/aromatic N) is 1. The molecule has 0 atom stereocenters. The molecular formula is C17H19NO4. The van der Waals surface area contributed by atoms with E-state index in [1.807, 2.05) is 41.4 Å². The molecule has 0 aliphatic carbocycles. The number of hydrogen-bond donors (Lipinski definition) is 0. The predicted molar refractivity (Wildman–Crippen MR) is 81.7 cm³/mol. The Kier molecular flexibility index (Phi) is 5.36. The minimum absolute atomic E-state index is 0.127. The van der Waals surface area contributed by atoms with Crippen LogP contribution in [-0.4, -0.2) is 37.6 Å². The first kappa shape index (κ1) is 15.8. The van der Waals surface area contributed by atoms with Gasteiger partial charge in [0.05, 0.1) is 26.2 Å². The van der Waals surface area contributed by atoms with Crippen molar-refractivity contribution in [1.82, 2.24) is 4.90 Å². The first-order chi connectivity index (χ1) is 10.6. The molecule has 1 aromatic carbocycles. The van der Waals surface area contributed by atoms with Gasteiger partial charge in [0.2, 0.25) is 0 Å². The Morgan fingerprint density at radius 3 is 2.50 bits per heavy atom. The van der Waals surface area contributed by atoms with Crippen LogP contribution in [0.4, 0.5) is 0 Å². The van der Waals surface area contributed by atoms with Crippen molar-refractivity contribution < 1.29 is 19.1 Å². The summed E-state index contributed by atoms with van der Waals surface area (Å²) in [6, 6.07) is 9.93. The van der Waals surface area contributed by atoms with Gasteiger partial charge in [0.25, 0.3) is 0 Å². The summed E-state index contributed by atoms with van der Waals surface area (Å²) in [4.78, 5) is 25.3. The molecular weight excluding hydrogens is 282 g/mol. The van der Waals surface area contributed by atoms with Crippen LogP contribution in [0.15, 0.2) is 53.8 Å². The smallest absolute Gasteiger partial charge is 0.335 e. The van der Waals surface area contributed by atoms with Crippen molar-refractivity contribution in [1.29, 1.82) is 0 Å². The molecule has 0 fully saturated rings. The molecule has 0 aromatic heterocycles. The number of carbonyl (C=O) groups is 2. The predicted octanol–water partition coefficient (Wildman–Crippen LogP) is 2.05. The number of ether oxygens (including phenoxy) is 2. The van der Waals surface area contributed by atoms with E-state index in [9.17, 15) is 9.59 Å². The van der Waals surface area contributed by atoms with E-state index < -0.39 is 0 Å². The van der Waals surface area contributed by atoms with E-state index in [4.69, 9.17) is 4.74 Å². The topological polar surface area (TPSA) is 55.8 Å². The molecule has 116 valence electrons. The Morgan fingerprint density at radius 1 is 1.14 bits per heavy atom. The van der Waals surface area contributed by atoms with Gasteiger partial charge in [-0.15, -0.1) is 0 Å². The van der Waals surface area contributed by atoms with Crippen LogP contribution in [0.2, 0.25) is 0 Å². The van der Waals surface area contributed by atoms with Gasteiger partial charge in [-0.1, -0.05) is 30.3 Å². The molecule has 5 heteroatoms. The summed E-state index contributed by atoms with van der Waals surface area (Å²) in [5, 5.41) is 0. The van der Waals surface area contributed by atoms with Crippen molar-refractivity contribution >= 4 is 11.9 Å². The third-order valence-corrected chi connectivity index (χ3v) is 3.33. The number of rotatable bonds is 5. The number of benzene rings is 1. The second-order valence-electron chi connectivity index (χ2n) is 5.01. The molecule has 0 spiro atoms. The molecule has 0 saturated carbocycles. The summed E-state index contributed by atoms with van der Waals surface area (Å²) in [6.45, 7) is 1.10. The van der Waals surface area contributed by atoms with Crippen molar-refractivity contribution in [2.45, 2.75) is 13.0 Å². The summed E-state index contributed by atoms with van der Waals surface area (Å²) in [5.41, 5.74) is 2.39. The normalized spacial score (nSPS) is 14.0. The Balaban J connectivity index is 2.18. The first-order valence-electron chi connectivity index (χ1n) is 6.96. The number of methoxy groups -OCH3 is 2. The molecule has 0 amide bonds. The fourth-order valence-corrected chi connectivity index (χ4v) is 2.32. The van der Waals surface area contributed by atoms with Gasteiger partial charge in [-0.05, 0) is 17.2 Å². The largest absolute Gasteiger partial charge is 0.469 e. The minimum atomic E-state index is -0.381. The molecule has 0 unspecified atom stereocenters. The molecule has 0 radical (unpaired) electrons. The maximum Gasteiger partial charge on any atom is 0.335 e.